The van der Waals surface area contributed by atoms with Crippen LogP contribution in [0.4, 0.5) is 0 Å². The lowest BCUT2D eigenvalue weighted by Crippen LogP contribution is -2.25. The van der Waals surface area contributed by atoms with E-state index in [-0.39, 0.29) is 6.61 Å². The van der Waals surface area contributed by atoms with Gasteiger partial charge in [-0.05, 0) is 29.2 Å². The van der Waals surface area contributed by atoms with Crippen molar-refractivity contribution in [2.45, 2.75) is 26.1 Å². The molecule has 0 radical (unpaired) electrons. The zero-order valence-corrected chi connectivity index (χ0v) is 16.0. The Morgan fingerprint density at radius 1 is 0.714 bits per heavy atom. The van der Waals surface area contributed by atoms with Crippen LogP contribution in [0.25, 0.3) is 10.9 Å². The van der Waals surface area contributed by atoms with Gasteiger partial charge in [0.05, 0.1) is 6.61 Å². The van der Waals surface area contributed by atoms with Crippen molar-refractivity contribution in [2.24, 2.45) is 0 Å². The SMILES string of the molecule is OCc1[nH]c2ccccc2c1CCN(Cc1ccccc1)Cc1ccccc1. The molecule has 0 spiro atoms. The summed E-state index contributed by atoms with van der Waals surface area (Å²) >= 11 is 0. The van der Waals surface area contributed by atoms with Crippen LogP contribution < -0.4 is 0 Å². The number of aliphatic hydroxyl groups is 1. The van der Waals surface area contributed by atoms with Crippen LogP contribution >= 0.6 is 0 Å². The Kier molecular flexibility index (Phi) is 5.86. The van der Waals surface area contributed by atoms with E-state index in [2.05, 4.69) is 88.7 Å². The molecule has 4 aromatic rings. The smallest absolute Gasteiger partial charge is 0.0834 e. The minimum Gasteiger partial charge on any atom is -0.390 e. The second kappa shape index (κ2) is 8.87. The molecule has 0 aliphatic rings. The van der Waals surface area contributed by atoms with Crippen LogP contribution in [0.1, 0.15) is 22.4 Å². The number of fused-ring (bicyclic) bond motifs is 1. The van der Waals surface area contributed by atoms with E-state index in [1.807, 2.05) is 6.07 Å². The van der Waals surface area contributed by atoms with Crippen LogP contribution in [0.5, 0.6) is 0 Å². The largest absolute Gasteiger partial charge is 0.390 e. The Morgan fingerprint density at radius 2 is 1.29 bits per heavy atom. The Labute approximate surface area is 166 Å². The summed E-state index contributed by atoms with van der Waals surface area (Å²) in [5.41, 5.74) is 5.89. The number of para-hydroxylation sites is 1. The molecule has 1 aromatic heterocycles. The highest BCUT2D eigenvalue weighted by atomic mass is 16.3. The second-order valence-corrected chi connectivity index (χ2v) is 7.22. The van der Waals surface area contributed by atoms with Crippen molar-refractivity contribution >= 4 is 10.9 Å². The lowest BCUT2D eigenvalue weighted by atomic mass is 10.1. The number of nitrogens with zero attached hydrogens (tertiary/aromatic N) is 1. The number of H-pyrrole nitrogens is 1. The van der Waals surface area contributed by atoms with E-state index in [0.717, 1.165) is 37.3 Å². The van der Waals surface area contributed by atoms with Gasteiger partial charge in [-0.15, -0.1) is 0 Å². The summed E-state index contributed by atoms with van der Waals surface area (Å²) in [6.07, 6.45) is 0.902. The lowest BCUT2D eigenvalue weighted by molar-refractivity contribution is 0.256. The first-order chi connectivity index (χ1) is 13.8. The predicted molar refractivity (Wildman–Crippen MR) is 115 cm³/mol. The summed E-state index contributed by atoms with van der Waals surface area (Å²) in [7, 11) is 0. The molecule has 142 valence electrons. The number of nitrogens with one attached hydrogen (secondary N) is 1. The number of aliphatic hydroxyl groups excluding tert-OH is 1. The van der Waals surface area contributed by atoms with Crippen LogP contribution in [-0.4, -0.2) is 21.5 Å². The minimum atomic E-state index is 0.0430. The Bertz CT molecular complexity index is 967. The van der Waals surface area contributed by atoms with Gasteiger partial charge in [0.2, 0.25) is 0 Å². The lowest BCUT2D eigenvalue weighted by Gasteiger charge is -2.23. The number of benzene rings is 3. The fourth-order valence-electron chi connectivity index (χ4n) is 3.84. The van der Waals surface area contributed by atoms with Crippen molar-refractivity contribution in [3.8, 4) is 0 Å². The van der Waals surface area contributed by atoms with Gasteiger partial charge in [-0.3, -0.25) is 4.90 Å². The quantitative estimate of drug-likeness (QED) is 0.463. The van der Waals surface area contributed by atoms with Crippen molar-refractivity contribution in [1.82, 2.24) is 9.88 Å². The molecular formula is C25H26N2O. The van der Waals surface area contributed by atoms with Gasteiger partial charge in [0, 0.05) is 36.2 Å². The predicted octanol–water partition coefficient (Wildman–Crippen LogP) is 4.91. The molecule has 3 nitrogen and oxygen atoms in total. The van der Waals surface area contributed by atoms with Gasteiger partial charge in [0.1, 0.15) is 0 Å². The van der Waals surface area contributed by atoms with E-state index in [9.17, 15) is 5.11 Å². The van der Waals surface area contributed by atoms with Crippen LogP contribution in [-0.2, 0) is 26.1 Å². The number of hydrogen-bond donors (Lipinski definition) is 2. The Hall–Kier alpha value is -2.88. The van der Waals surface area contributed by atoms with E-state index in [1.165, 1.54) is 22.1 Å². The number of aromatic amines is 1. The zero-order chi connectivity index (χ0) is 19.2. The molecule has 3 aromatic carbocycles. The highest BCUT2D eigenvalue weighted by molar-refractivity contribution is 5.84. The van der Waals surface area contributed by atoms with Crippen LogP contribution in [0, 0.1) is 0 Å². The monoisotopic (exact) mass is 370 g/mol. The van der Waals surface area contributed by atoms with Crippen molar-refractivity contribution in [3.05, 3.63) is 107 Å². The summed E-state index contributed by atoms with van der Waals surface area (Å²) in [4.78, 5) is 5.85. The molecule has 0 saturated heterocycles. The third-order valence-corrected chi connectivity index (χ3v) is 5.24. The topological polar surface area (TPSA) is 39.3 Å². The van der Waals surface area contributed by atoms with Gasteiger partial charge in [-0.25, -0.2) is 0 Å². The molecule has 0 fully saturated rings. The van der Waals surface area contributed by atoms with Gasteiger partial charge < -0.3 is 10.1 Å². The van der Waals surface area contributed by atoms with Gasteiger partial charge in [0.15, 0.2) is 0 Å². The number of rotatable bonds is 8. The normalized spacial score (nSPS) is 11.4. The third kappa shape index (κ3) is 4.33. The molecule has 0 aliphatic carbocycles. The maximum absolute atomic E-state index is 9.81. The van der Waals surface area contributed by atoms with Crippen LogP contribution in [0.3, 0.4) is 0 Å². The second-order valence-electron chi connectivity index (χ2n) is 7.22. The van der Waals surface area contributed by atoms with Crippen LogP contribution in [0.2, 0.25) is 0 Å². The van der Waals surface area contributed by atoms with Crippen molar-refractivity contribution in [1.29, 1.82) is 0 Å². The fourth-order valence-corrected chi connectivity index (χ4v) is 3.84. The zero-order valence-electron chi connectivity index (χ0n) is 16.0. The van der Waals surface area contributed by atoms with Gasteiger partial charge in [0.25, 0.3) is 0 Å². The molecule has 0 atom stereocenters. The number of aromatic nitrogens is 1. The maximum atomic E-state index is 9.81. The molecule has 0 unspecified atom stereocenters. The average Bonchev–Trinajstić information content (AvgIpc) is 3.11. The molecule has 0 bridgehead atoms. The van der Waals surface area contributed by atoms with Gasteiger partial charge in [-0.1, -0.05) is 78.9 Å². The molecular weight excluding hydrogens is 344 g/mol. The molecule has 3 heteroatoms. The van der Waals surface area contributed by atoms with Crippen molar-refractivity contribution in [2.75, 3.05) is 6.54 Å². The highest BCUT2D eigenvalue weighted by Crippen LogP contribution is 2.24. The molecule has 28 heavy (non-hydrogen) atoms. The van der Waals surface area contributed by atoms with Crippen molar-refractivity contribution < 1.29 is 5.11 Å². The molecule has 1 heterocycles. The summed E-state index contributed by atoms with van der Waals surface area (Å²) in [5, 5.41) is 11.0. The first kappa shape index (κ1) is 18.5. The summed E-state index contributed by atoms with van der Waals surface area (Å²) in [5.74, 6) is 0. The third-order valence-electron chi connectivity index (χ3n) is 5.24. The van der Waals surface area contributed by atoms with Gasteiger partial charge in [-0.2, -0.15) is 0 Å². The summed E-state index contributed by atoms with van der Waals surface area (Å²) in [6, 6.07) is 29.5. The highest BCUT2D eigenvalue weighted by Gasteiger charge is 2.13. The Morgan fingerprint density at radius 3 is 1.89 bits per heavy atom. The molecule has 0 amide bonds. The maximum Gasteiger partial charge on any atom is 0.0834 e. The summed E-state index contributed by atoms with van der Waals surface area (Å²) < 4.78 is 0. The fraction of sp³-hybridized carbons (Fsp3) is 0.200. The first-order valence-corrected chi connectivity index (χ1v) is 9.83. The van der Waals surface area contributed by atoms with E-state index >= 15 is 0 Å². The van der Waals surface area contributed by atoms with Gasteiger partial charge >= 0.3 is 0 Å². The average molecular weight is 370 g/mol. The Balaban J connectivity index is 1.55. The summed E-state index contributed by atoms with van der Waals surface area (Å²) in [6.45, 7) is 2.79. The first-order valence-electron chi connectivity index (χ1n) is 9.83. The van der Waals surface area contributed by atoms with E-state index in [1.54, 1.807) is 0 Å². The molecule has 2 N–H and O–H groups in total. The minimum absolute atomic E-state index is 0.0430. The standard InChI is InChI=1S/C25H26N2O/c28-19-25-23(22-13-7-8-14-24(22)26-25)15-16-27(17-20-9-3-1-4-10-20)18-21-11-5-2-6-12-21/h1-14,26,28H,15-19H2. The van der Waals surface area contributed by atoms with E-state index in [4.69, 9.17) is 0 Å². The molecule has 0 saturated carbocycles. The van der Waals surface area contributed by atoms with Crippen LogP contribution in [0.15, 0.2) is 84.9 Å². The number of hydrogen-bond acceptors (Lipinski definition) is 2. The van der Waals surface area contributed by atoms with E-state index in [0.29, 0.717) is 0 Å². The van der Waals surface area contributed by atoms with E-state index < -0.39 is 0 Å². The van der Waals surface area contributed by atoms with Crippen molar-refractivity contribution in [3.63, 3.8) is 0 Å². The molecule has 4 rings (SSSR count). The molecule has 0 aliphatic heterocycles.